The Morgan fingerprint density at radius 2 is 1.69 bits per heavy atom. The summed E-state index contributed by atoms with van der Waals surface area (Å²) in [6.45, 7) is 0. The van der Waals surface area contributed by atoms with Crippen LogP contribution < -0.4 is 10.2 Å². The molecule has 0 bridgehead atoms. The second-order valence-corrected chi connectivity index (χ2v) is 5.62. The van der Waals surface area contributed by atoms with Gasteiger partial charge in [-0.2, -0.15) is 0 Å². The molecule has 126 valence electrons. The first-order valence-corrected chi connectivity index (χ1v) is 7.96. The molecule has 0 fully saturated rings. The smallest absolute Gasteiger partial charge is 0.343 e. The maximum Gasteiger partial charge on any atom is 0.343 e. The van der Waals surface area contributed by atoms with Crippen LogP contribution in [0.15, 0.2) is 88.3 Å². The van der Waals surface area contributed by atoms with E-state index in [-0.39, 0.29) is 11.2 Å². The van der Waals surface area contributed by atoms with Gasteiger partial charge in [0.15, 0.2) is 5.43 Å². The largest absolute Gasteiger partial charge is 0.456 e. The molecule has 2 aromatic heterocycles. The number of carbonyl (C=O) groups excluding carboxylic acids is 1. The first kappa shape index (κ1) is 15.8. The first-order chi connectivity index (χ1) is 12.7. The Morgan fingerprint density at radius 1 is 0.923 bits per heavy atom. The van der Waals surface area contributed by atoms with Gasteiger partial charge in [-0.25, -0.2) is 4.79 Å². The SMILES string of the molecule is O=C(Oc1ccc2oc(-c3ccccc3)cc(=O)c2c1)c1ccncc1. The predicted molar refractivity (Wildman–Crippen MR) is 97.1 cm³/mol. The maximum absolute atomic E-state index is 12.5. The lowest BCUT2D eigenvalue weighted by Crippen LogP contribution is -2.09. The number of hydrogen-bond acceptors (Lipinski definition) is 5. The van der Waals surface area contributed by atoms with Crippen LogP contribution in [0.3, 0.4) is 0 Å². The van der Waals surface area contributed by atoms with Gasteiger partial charge in [-0.15, -0.1) is 0 Å². The van der Waals surface area contributed by atoms with Gasteiger partial charge in [0.1, 0.15) is 17.1 Å². The average molecular weight is 343 g/mol. The molecule has 5 heteroatoms. The van der Waals surface area contributed by atoms with Crippen molar-refractivity contribution in [3.63, 3.8) is 0 Å². The molecule has 5 nitrogen and oxygen atoms in total. The van der Waals surface area contributed by atoms with Crippen molar-refractivity contribution in [2.75, 3.05) is 0 Å². The molecule has 4 aromatic rings. The van der Waals surface area contributed by atoms with Crippen LogP contribution in [0, 0.1) is 0 Å². The van der Waals surface area contributed by atoms with Gasteiger partial charge in [0.25, 0.3) is 0 Å². The molecular weight excluding hydrogens is 330 g/mol. The van der Waals surface area contributed by atoms with Crippen molar-refractivity contribution in [3.05, 3.63) is 94.9 Å². The number of nitrogens with zero attached hydrogens (tertiary/aromatic N) is 1. The van der Waals surface area contributed by atoms with Crippen molar-refractivity contribution in [2.45, 2.75) is 0 Å². The highest BCUT2D eigenvalue weighted by Gasteiger charge is 2.11. The van der Waals surface area contributed by atoms with Crippen molar-refractivity contribution in [1.29, 1.82) is 0 Å². The predicted octanol–water partition coefficient (Wildman–Crippen LogP) is 4.07. The Labute approximate surface area is 148 Å². The van der Waals surface area contributed by atoms with Gasteiger partial charge in [-0.05, 0) is 30.3 Å². The van der Waals surface area contributed by atoms with Crippen molar-refractivity contribution in [3.8, 4) is 17.1 Å². The van der Waals surface area contributed by atoms with E-state index in [0.29, 0.717) is 22.3 Å². The Morgan fingerprint density at radius 3 is 2.46 bits per heavy atom. The number of ether oxygens (including phenoxy) is 1. The number of esters is 1. The number of rotatable bonds is 3. The van der Waals surface area contributed by atoms with Crippen LogP contribution in [0.25, 0.3) is 22.3 Å². The fourth-order valence-corrected chi connectivity index (χ4v) is 2.60. The van der Waals surface area contributed by atoms with Crippen LogP contribution >= 0.6 is 0 Å². The van der Waals surface area contributed by atoms with Gasteiger partial charge in [-0.3, -0.25) is 9.78 Å². The third kappa shape index (κ3) is 3.10. The average Bonchev–Trinajstić information content (AvgIpc) is 2.69. The number of aromatic nitrogens is 1. The molecule has 0 spiro atoms. The molecule has 0 radical (unpaired) electrons. The second kappa shape index (κ2) is 6.64. The zero-order valence-corrected chi connectivity index (χ0v) is 13.6. The Bertz CT molecular complexity index is 1130. The minimum absolute atomic E-state index is 0.202. The van der Waals surface area contributed by atoms with Gasteiger partial charge in [-0.1, -0.05) is 30.3 Å². The quantitative estimate of drug-likeness (QED) is 0.414. The summed E-state index contributed by atoms with van der Waals surface area (Å²) in [5, 5.41) is 0.352. The lowest BCUT2D eigenvalue weighted by molar-refractivity contribution is 0.0735. The van der Waals surface area contributed by atoms with Crippen LogP contribution in [0.2, 0.25) is 0 Å². The van der Waals surface area contributed by atoms with E-state index in [0.717, 1.165) is 5.56 Å². The number of benzene rings is 2. The summed E-state index contributed by atoms with van der Waals surface area (Å²) in [6, 6.07) is 18.7. The molecule has 2 aromatic carbocycles. The minimum atomic E-state index is -0.517. The molecule has 0 aliphatic rings. The van der Waals surface area contributed by atoms with Gasteiger partial charge < -0.3 is 9.15 Å². The van der Waals surface area contributed by atoms with Crippen LogP contribution in [-0.4, -0.2) is 11.0 Å². The Kier molecular flexibility index (Phi) is 4.03. The summed E-state index contributed by atoms with van der Waals surface area (Å²) in [4.78, 5) is 28.5. The second-order valence-electron chi connectivity index (χ2n) is 5.62. The van der Waals surface area contributed by atoms with E-state index in [1.54, 1.807) is 24.3 Å². The molecule has 26 heavy (non-hydrogen) atoms. The molecule has 0 aliphatic carbocycles. The van der Waals surface area contributed by atoms with Crippen molar-refractivity contribution >= 4 is 16.9 Å². The zero-order chi connectivity index (χ0) is 17.9. The summed E-state index contributed by atoms with van der Waals surface area (Å²) >= 11 is 0. The molecule has 0 aliphatic heterocycles. The normalized spacial score (nSPS) is 10.6. The first-order valence-electron chi connectivity index (χ1n) is 7.96. The Hall–Kier alpha value is -3.73. The number of hydrogen-bond donors (Lipinski definition) is 0. The van der Waals surface area contributed by atoms with Crippen LogP contribution in [0.4, 0.5) is 0 Å². The van der Waals surface area contributed by atoms with Crippen molar-refractivity contribution in [1.82, 2.24) is 4.98 Å². The molecule has 0 amide bonds. The lowest BCUT2D eigenvalue weighted by atomic mass is 10.1. The summed E-state index contributed by atoms with van der Waals surface area (Å²) in [7, 11) is 0. The molecular formula is C21H13NO4. The van der Waals surface area contributed by atoms with Gasteiger partial charge >= 0.3 is 5.97 Å². The van der Waals surface area contributed by atoms with Crippen LogP contribution in [-0.2, 0) is 0 Å². The van der Waals surface area contributed by atoms with Gasteiger partial charge in [0.2, 0.25) is 0 Å². The highest BCUT2D eigenvalue weighted by molar-refractivity contribution is 5.91. The van der Waals surface area contributed by atoms with E-state index in [1.807, 2.05) is 30.3 Å². The number of pyridine rings is 1. The Balaban J connectivity index is 1.69. The minimum Gasteiger partial charge on any atom is -0.456 e. The van der Waals surface area contributed by atoms with Gasteiger partial charge in [0.05, 0.1) is 10.9 Å². The molecule has 4 rings (SSSR count). The number of carbonyl (C=O) groups is 1. The number of fused-ring (bicyclic) bond motifs is 1. The molecule has 0 saturated carbocycles. The fourth-order valence-electron chi connectivity index (χ4n) is 2.60. The maximum atomic E-state index is 12.5. The van der Waals surface area contributed by atoms with Crippen molar-refractivity contribution < 1.29 is 13.9 Å². The van der Waals surface area contributed by atoms with Crippen molar-refractivity contribution in [2.24, 2.45) is 0 Å². The van der Waals surface area contributed by atoms with E-state index in [9.17, 15) is 9.59 Å². The molecule has 0 unspecified atom stereocenters. The van der Waals surface area contributed by atoms with Crippen LogP contribution in [0.1, 0.15) is 10.4 Å². The van der Waals surface area contributed by atoms with Crippen LogP contribution in [0.5, 0.6) is 5.75 Å². The van der Waals surface area contributed by atoms with E-state index < -0.39 is 5.97 Å². The monoisotopic (exact) mass is 343 g/mol. The summed E-state index contributed by atoms with van der Waals surface area (Å²) in [5.41, 5.74) is 1.43. The fraction of sp³-hybridized carbons (Fsp3) is 0. The molecule has 2 heterocycles. The zero-order valence-electron chi connectivity index (χ0n) is 13.6. The van der Waals surface area contributed by atoms with E-state index >= 15 is 0 Å². The highest BCUT2D eigenvalue weighted by Crippen LogP contribution is 2.24. The van der Waals surface area contributed by atoms with Gasteiger partial charge in [0, 0.05) is 24.0 Å². The molecule has 0 N–H and O–H groups in total. The van der Waals surface area contributed by atoms with E-state index in [4.69, 9.17) is 9.15 Å². The van der Waals surface area contributed by atoms with E-state index in [2.05, 4.69) is 4.98 Å². The highest BCUT2D eigenvalue weighted by atomic mass is 16.5. The molecule has 0 saturated heterocycles. The lowest BCUT2D eigenvalue weighted by Gasteiger charge is -2.06. The summed E-state index contributed by atoms with van der Waals surface area (Å²) in [6.07, 6.45) is 3.02. The van der Waals surface area contributed by atoms with E-state index in [1.165, 1.54) is 24.5 Å². The third-order valence-corrected chi connectivity index (χ3v) is 3.88. The standard InChI is InChI=1S/C21H13NO4/c23-18-13-20(14-4-2-1-3-5-14)26-19-7-6-16(12-17(18)19)25-21(24)15-8-10-22-11-9-15/h1-13H. The molecule has 0 atom stereocenters. The third-order valence-electron chi connectivity index (χ3n) is 3.88. The topological polar surface area (TPSA) is 69.4 Å². The summed E-state index contributed by atoms with van der Waals surface area (Å²) in [5.74, 6) is 0.251. The summed E-state index contributed by atoms with van der Waals surface area (Å²) < 4.78 is 11.2.